The monoisotopic (exact) mass is 357 g/mol. The molecular weight excluding hydrogens is 341 g/mol. The third-order valence-corrected chi connectivity index (χ3v) is 4.65. The number of benzene rings is 1. The lowest BCUT2D eigenvalue weighted by atomic mass is 9.78. The van der Waals surface area contributed by atoms with Gasteiger partial charge in [0, 0.05) is 11.0 Å². The van der Waals surface area contributed by atoms with E-state index in [0.717, 1.165) is 12.8 Å². The van der Waals surface area contributed by atoms with Crippen LogP contribution < -0.4 is 5.32 Å². The fourth-order valence-electron chi connectivity index (χ4n) is 2.73. The molecule has 6 heteroatoms. The molecule has 4 nitrogen and oxygen atoms in total. The zero-order valence-corrected chi connectivity index (χ0v) is 13.0. The third-order valence-electron chi connectivity index (χ3n) is 3.88. The van der Waals surface area contributed by atoms with Crippen LogP contribution in [0.15, 0.2) is 22.7 Å². The molecule has 0 aliphatic heterocycles. The van der Waals surface area contributed by atoms with Crippen LogP contribution in [-0.2, 0) is 16.1 Å². The molecule has 2 N–H and O–H groups in total. The second kappa shape index (κ2) is 7.02. The van der Waals surface area contributed by atoms with Crippen LogP contribution in [0.25, 0.3) is 0 Å². The first-order valence-electron chi connectivity index (χ1n) is 6.93. The number of hydrogen-bond donors (Lipinski definition) is 2. The van der Waals surface area contributed by atoms with Crippen LogP contribution in [0.1, 0.15) is 31.2 Å². The highest BCUT2D eigenvalue weighted by Crippen LogP contribution is 2.30. The van der Waals surface area contributed by atoms with Gasteiger partial charge in [-0.2, -0.15) is 0 Å². The summed E-state index contributed by atoms with van der Waals surface area (Å²) in [6, 6.07) is 4.26. The molecule has 1 saturated carbocycles. The van der Waals surface area contributed by atoms with Gasteiger partial charge in [0.25, 0.3) is 0 Å². The zero-order chi connectivity index (χ0) is 15.4. The fourth-order valence-corrected chi connectivity index (χ4v) is 3.12. The first-order valence-corrected chi connectivity index (χ1v) is 7.73. The maximum absolute atomic E-state index is 13.2. The van der Waals surface area contributed by atoms with Gasteiger partial charge in [0.05, 0.1) is 11.8 Å². The van der Waals surface area contributed by atoms with Crippen LogP contribution in [-0.4, -0.2) is 17.0 Å². The molecule has 0 spiro atoms. The lowest BCUT2D eigenvalue weighted by molar-refractivity contribution is -0.148. The SMILES string of the molecule is O=C(O)[C@H]1CCCC[C@H]1C(=O)NCc1cc(F)ccc1Br. The Morgan fingerprint density at radius 1 is 1.29 bits per heavy atom. The van der Waals surface area contributed by atoms with Crippen molar-refractivity contribution in [1.29, 1.82) is 0 Å². The summed E-state index contributed by atoms with van der Waals surface area (Å²) in [6.07, 6.45) is 2.84. The molecule has 2 atom stereocenters. The highest BCUT2D eigenvalue weighted by atomic mass is 79.9. The number of rotatable bonds is 4. The van der Waals surface area contributed by atoms with Crippen molar-refractivity contribution in [1.82, 2.24) is 5.32 Å². The average molecular weight is 358 g/mol. The van der Waals surface area contributed by atoms with Crippen molar-refractivity contribution in [2.24, 2.45) is 11.8 Å². The maximum Gasteiger partial charge on any atom is 0.307 e. The van der Waals surface area contributed by atoms with Crippen LogP contribution in [0.3, 0.4) is 0 Å². The highest BCUT2D eigenvalue weighted by Gasteiger charge is 2.35. The van der Waals surface area contributed by atoms with Gasteiger partial charge in [0.1, 0.15) is 5.82 Å². The van der Waals surface area contributed by atoms with Crippen LogP contribution in [0, 0.1) is 17.7 Å². The van der Waals surface area contributed by atoms with E-state index in [9.17, 15) is 19.1 Å². The van der Waals surface area contributed by atoms with E-state index < -0.39 is 17.8 Å². The zero-order valence-electron chi connectivity index (χ0n) is 11.4. The number of carbonyl (C=O) groups is 2. The minimum atomic E-state index is -0.915. The number of aliphatic carboxylic acids is 1. The molecule has 2 rings (SSSR count). The van der Waals surface area contributed by atoms with Crippen molar-refractivity contribution in [3.8, 4) is 0 Å². The van der Waals surface area contributed by atoms with Crippen molar-refractivity contribution in [2.45, 2.75) is 32.2 Å². The van der Waals surface area contributed by atoms with Gasteiger partial charge >= 0.3 is 5.97 Å². The predicted octanol–water partition coefficient (Wildman–Crippen LogP) is 3.10. The van der Waals surface area contributed by atoms with Crippen LogP contribution >= 0.6 is 15.9 Å². The van der Waals surface area contributed by atoms with E-state index in [4.69, 9.17) is 0 Å². The largest absolute Gasteiger partial charge is 0.481 e. The lowest BCUT2D eigenvalue weighted by Crippen LogP contribution is -2.39. The number of amides is 1. The number of nitrogens with one attached hydrogen (secondary N) is 1. The topological polar surface area (TPSA) is 66.4 Å². The molecule has 1 aliphatic carbocycles. The Kier molecular flexibility index (Phi) is 5.33. The molecule has 0 bridgehead atoms. The maximum atomic E-state index is 13.2. The quantitative estimate of drug-likeness (QED) is 0.869. The van der Waals surface area contributed by atoms with Gasteiger partial charge in [-0.15, -0.1) is 0 Å². The molecule has 1 aromatic rings. The number of hydrogen-bond acceptors (Lipinski definition) is 2. The molecule has 0 saturated heterocycles. The molecule has 0 unspecified atom stereocenters. The number of carboxylic acids is 1. The molecule has 1 aliphatic rings. The molecule has 0 aromatic heterocycles. The number of halogens is 2. The Balaban J connectivity index is 2.00. The highest BCUT2D eigenvalue weighted by molar-refractivity contribution is 9.10. The Morgan fingerprint density at radius 2 is 1.95 bits per heavy atom. The fraction of sp³-hybridized carbons (Fsp3) is 0.467. The molecule has 1 amide bonds. The number of carbonyl (C=O) groups excluding carboxylic acids is 1. The molecular formula is C15H17BrFNO3. The van der Waals surface area contributed by atoms with Crippen molar-refractivity contribution < 1.29 is 19.1 Å². The summed E-state index contributed by atoms with van der Waals surface area (Å²) in [4.78, 5) is 23.4. The average Bonchev–Trinajstić information content (AvgIpc) is 2.47. The summed E-state index contributed by atoms with van der Waals surface area (Å²) in [6.45, 7) is 0.181. The van der Waals surface area contributed by atoms with Gasteiger partial charge in [0.15, 0.2) is 0 Å². The van der Waals surface area contributed by atoms with Gasteiger partial charge in [-0.1, -0.05) is 28.8 Å². The van der Waals surface area contributed by atoms with Crippen LogP contribution in [0.4, 0.5) is 4.39 Å². The summed E-state index contributed by atoms with van der Waals surface area (Å²) in [5.41, 5.74) is 0.631. The van der Waals surface area contributed by atoms with E-state index in [0.29, 0.717) is 22.9 Å². The smallest absolute Gasteiger partial charge is 0.307 e. The first kappa shape index (κ1) is 15.9. The summed E-state index contributed by atoms with van der Waals surface area (Å²) < 4.78 is 13.9. The molecule has 1 fully saturated rings. The van der Waals surface area contributed by atoms with Gasteiger partial charge in [0.2, 0.25) is 5.91 Å². The Labute approximate surface area is 130 Å². The first-order chi connectivity index (χ1) is 9.99. The van der Waals surface area contributed by atoms with Crippen molar-refractivity contribution >= 4 is 27.8 Å². The molecule has 0 heterocycles. The number of carboxylic acid groups (broad SMARTS) is 1. The van der Waals surface area contributed by atoms with Crippen molar-refractivity contribution in [3.05, 3.63) is 34.1 Å². The third kappa shape index (κ3) is 4.03. The van der Waals surface area contributed by atoms with Crippen LogP contribution in [0.2, 0.25) is 0 Å². The summed E-state index contributed by atoms with van der Waals surface area (Å²) >= 11 is 3.30. The normalized spacial score (nSPS) is 21.8. The predicted molar refractivity (Wildman–Crippen MR) is 79.0 cm³/mol. The molecule has 1 aromatic carbocycles. The van der Waals surface area contributed by atoms with E-state index in [2.05, 4.69) is 21.2 Å². The summed E-state index contributed by atoms with van der Waals surface area (Å²) in [5.74, 6) is -2.66. The van der Waals surface area contributed by atoms with Gasteiger partial charge in [-0.3, -0.25) is 9.59 Å². The van der Waals surface area contributed by atoms with E-state index in [1.807, 2.05) is 0 Å². The summed E-state index contributed by atoms with van der Waals surface area (Å²) in [7, 11) is 0. The second-order valence-corrected chi connectivity index (χ2v) is 6.14. The van der Waals surface area contributed by atoms with E-state index >= 15 is 0 Å². The van der Waals surface area contributed by atoms with E-state index in [-0.39, 0.29) is 18.3 Å². The molecule has 114 valence electrons. The van der Waals surface area contributed by atoms with Crippen LogP contribution in [0.5, 0.6) is 0 Å². The van der Waals surface area contributed by atoms with E-state index in [1.54, 1.807) is 6.07 Å². The van der Waals surface area contributed by atoms with Crippen molar-refractivity contribution in [3.63, 3.8) is 0 Å². The Morgan fingerprint density at radius 3 is 2.62 bits per heavy atom. The van der Waals surface area contributed by atoms with Gasteiger partial charge in [-0.25, -0.2) is 4.39 Å². The Hall–Kier alpha value is -1.43. The van der Waals surface area contributed by atoms with Gasteiger partial charge < -0.3 is 10.4 Å². The lowest BCUT2D eigenvalue weighted by Gasteiger charge is -2.27. The van der Waals surface area contributed by atoms with Gasteiger partial charge in [-0.05, 0) is 36.6 Å². The Bertz CT molecular complexity index is 550. The minimum Gasteiger partial charge on any atom is -0.481 e. The minimum absolute atomic E-state index is 0.181. The molecule has 0 radical (unpaired) electrons. The standard InChI is InChI=1S/C15H17BrFNO3/c16-13-6-5-10(17)7-9(13)8-18-14(19)11-3-1-2-4-12(11)15(20)21/h5-7,11-12H,1-4,8H2,(H,18,19)(H,20,21)/t11-,12+/m1/s1. The molecule has 21 heavy (non-hydrogen) atoms. The summed E-state index contributed by atoms with van der Waals surface area (Å²) in [5, 5.41) is 11.9. The second-order valence-electron chi connectivity index (χ2n) is 5.29. The van der Waals surface area contributed by atoms with Crippen molar-refractivity contribution in [2.75, 3.05) is 0 Å². The van der Waals surface area contributed by atoms with E-state index in [1.165, 1.54) is 12.1 Å².